The van der Waals surface area contributed by atoms with Crippen LogP contribution in [0.25, 0.3) is 10.2 Å². The van der Waals surface area contributed by atoms with Gasteiger partial charge in [-0.3, -0.25) is 14.4 Å². The minimum Gasteiger partial charge on any atom is -0.346 e. The number of hydrogen-bond acceptors (Lipinski definition) is 6. The van der Waals surface area contributed by atoms with Crippen LogP contribution in [0.4, 0.5) is 14.5 Å². The van der Waals surface area contributed by atoms with Crippen LogP contribution in [-0.2, 0) is 9.59 Å². The van der Waals surface area contributed by atoms with E-state index in [1.165, 1.54) is 17.4 Å². The standard InChI is InChI=1S/C16H12F2N4O3S2/c17-10-2-1-8(5-11(10)18)20-12(23)6-19-13(24)7-27-16-21-14(25)9-3-4-26-15(9)22-16/h1-5H,6-7H2,(H,19,24)(H,20,23)(H,21,22,25). The molecule has 0 unspecified atom stereocenters. The first kappa shape index (κ1) is 19.0. The number of benzene rings is 1. The van der Waals surface area contributed by atoms with Crippen LogP contribution >= 0.6 is 23.1 Å². The molecule has 140 valence electrons. The van der Waals surface area contributed by atoms with Crippen molar-refractivity contribution < 1.29 is 18.4 Å². The number of anilines is 1. The van der Waals surface area contributed by atoms with Crippen molar-refractivity contribution in [2.24, 2.45) is 0 Å². The SMILES string of the molecule is O=C(CSc1nc2sccc2c(=O)[nH]1)NCC(=O)Nc1ccc(F)c(F)c1. The lowest BCUT2D eigenvalue weighted by Gasteiger charge is -2.07. The Morgan fingerprint density at radius 2 is 2.00 bits per heavy atom. The van der Waals surface area contributed by atoms with Gasteiger partial charge in [-0.25, -0.2) is 13.8 Å². The molecule has 0 aliphatic rings. The molecule has 2 amide bonds. The van der Waals surface area contributed by atoms with Crippen molar-refractivity contribution >= 4 is 50.8 Å². The Morgan fingerprint density at radius 3 is 2.78 bits per heavy atom. The van der Waals surface area contributed by atoms with Crippen molar-refractivity contribution in [1.82, 2.24) is 15.3 Å². The molecule has 0 spiro atoms. The van der Waals surface area contributed by atoms with Gasteiger partial charge in [-0.2, -0.15) is 0 Å². The fraction of sp³-hybridized carbons (Fsp3) is 0.125. The Bertz CT molecular complexity index is 1070. The number of thiophene rings is 1. The summed E-state index contributed by atoms with van der Waals surface area (Å²) in [5.74, 6) is -3.21. The van der Waals surface area contributed by atoms with Gasteiger partial charge in [0.1, 0.15) is 4.83 Å². The topological polar surface area (TPSA) is 104 Å². The average molecular weight is 410 g/mol. The summed E-state index contributed by atoms with van der Waals surface area (Å²) >= 11 is 2.34. The zero-order valence-corrected chi connectivity index (χ0v) is 15.2. The maximum Gasteiger partial charge on any atom is 0.260 e. The van der Waals surface area contributed by atoms with Crippen LogP contribution in [0, 0.1) is 11.6 Å². The summed E-state index contributed by atoms with van der Waals surface area (Å²) in [6, 6.07) is 4.60. The molecule has 3 N–H and O–H groups in total. The second kappa shape index (κ2) is 8.27. The number of rotatable bonds is 6. The molecule has 0 radical (unpaired) electrons. The molecule has 1 aromatic carbocycles. The molecule has 0 bridgehead atoms. The molecule has 3 rings (SSSR count). The number of thioether (sulfide) groups is 1. The third-order valence-electron chi connectivity index (χ3n) is 3.30. The number of aromatic amines is 1. The molecule has 2 aromatic heterocycles. The molecule has 0 saturated carbocycles. The van der Waals surface area contributed by atoms with Gasteiger partial charge in [0.25, 0.3) is 5.56 Å². The molecule has 3 aromatic rings. The zero-order chi connectivity index (χ0) is 19.4. The van der Waals surface area contributed by atoms with Crippen LogP contribution in [-0.4, -0.2) is 34.1 Å². The van der Waals surface area contributed by atoms with Crippen molar-refractivity contribution in [2.45, 2.75) is 5.16 Å². The highest BCUT2D eigenvalue weighted by Gasteiger charge is 2.10. The van der Waals surface area contributed by atoms with E-state index >= 15 is 0 Å². The Labute approximate surface area is 159 Å². The highest BCUT2D eigenvalue weighted by atomic mass is 32.2. The van der Waals surface area contributed by atoms with Crippen LogP contribution in [0.5, 0.6) is 0 Å². The van der Waals surface area contributed by atoms with Crippen molar-refractivity contribution in [1.29, 1.82) is 0 Å². The smallest absolute Gasteiger partial charge is 0.260 e. The van der Waals surface area contributed by atoms with Crippen molar-refractivity contribution in [3.05, 3.63) is 51.6 Å². The quantitative estimate of drug-likeness (QED) is 0.427. The van der Waals surface area contributed by atoms with Gasteiger partial charge >= 0.3 is 0 Å². The number of fused-ring (bicyclic) bond motifs is 1. The summed E-state index contributed by atoms with van der Waals surface area (Å²) in [5, 5.41) is 7.27. The Hall–Kier alpha value is -2.79. The highest BCUT2D eigenvalue weighted by Crippen LogP contribution is 2.18. The number of hydrogen-bond donors (Lipinski definition) is 3. The number of H-pyrrole nitrogens is 1. The van der Waals surface area contributed by atoms with Crippen LogP contribution in [0.2, 0.25) is 0 Å². The lowest BCUT2D eigenvalue weighted by atomic mass is 10.3. The van der Waals surface area contributed by atoms with Crippen LogP contribution in [0.15, 0.2) is 39.6 Å². The first-order valence-corrected chi connectivity index (χ1v) is 9.41. The van der Waals surface area contributed by atoms with Crippen molar-refractivity contribution in [3.8, 4) is 0 Å². The summed E-state index contributed by atoms with van der Waals surface area (Å²) in [4.78, 5) is 42.8. The molecule has 0 fully saturated rings. The normalized spacial score (nSPS) is 10.7. The molecular formula is C16H12F2N4O3S2. The third kappa shape index (κ3) is 4.89. The van der Waals surface area contributed by atoms with Gasteiger partial charge < -0.3 is 15.6 Å². The highest BCUT2D eigenvalue weighted by molar-refractivity contribution is 7.99. The van der Waals surface area contributed by atoms with Gasteiger partial charge in [-0.1, -0.05) is 11.8 Å². The maximum atomic E-state index is 13.1. The van der Waals surface area contributed by atoms with E-state index in [9.17, 15) is 23.2 Å². The molecule has 0 saturated heterocycles. The first-order chi connectivity index (χ1) is 12.9. The molecule has 2 heterocycles. The second-order valence-electron chi connectivity index (χ2n) is 5.25. The van der Waals surface area contributed by atoms with Crippen molar-refractivity contribution in [2.75, 3.05) is 17.6 Å². The average Bonchev–Trinajstić information content (AvgIpc) is 3.10. The van der Waals surface area contributed by atoms with E-state index in [-0.39, 0.29) is 23.5 Å². The van der Waals surface area contributed by atoms with E-state index in [4.69, 9.17) is 0 Å². The Kier molecular flexibility index (Phi) is 5.81. The van der Waals surface area contributed by atoms with Gasteiger partial charge in [0, 0.05) is 11.8 Å². The van der Waals surface area contributed by atoms with Gasteiger partial charge in [0.15, 0.2) is 16.8 Å². The molecule has 0 atom stereocenters. The summed E-state index contributed by atoms with van der Waals surface area (Å²) < 4.78 is 25.9. The van der Waals surface area contributed by atoms with E-state index in [2.05, 4.69) is 20.6 Å². The first-order valence-electron chi connectivity index (χ1n) is 7.54. The number of aromatic nitrogens is 2. The Balaban J connectivity index is 1.48. The van der Waals surface area contributed by atoms with Gasteiger partial charge in [0.2, 0.25) is 11.8 Å². The third-order valence-corrected chi connectivity index (χ3v) is 4.98. The summed E-state index contributed by atoms with van der Waals surface area (Å²) in [5.41, 5.74) is -0.205. The molecule has 0 aliphatic heterocycles. The van der Waals surface area contributed by atoms with E-state index in [0.717, 1.165) is 23.9 Å². The largest absolute Gasteiger partial charge is 0.346 e. The number of amides is 2. The fourth-order valence-corrected chi connectivity index (χ4v) is 3.57. The number of nitrogens with zero attached hydrogens (tertiary/aromatic N) is 1. The van der Waals surface area contributed by atoms with E-state index < -0.39 is 23.4 Å². The van der Waals surface area contributed by atoms with Gasteiger partial charge in [-0.05, 0) is 23.6 Å². The van der Waals surface area contributed by atoms with E-state index in [1.807, 2.05) is 0 Å². The minimum absolute atomic E-state index is 0.0573. The predicted molar refractivity (Wildman–Crippen MR) is 99.0 cm³/mol. The summed E-state index contributed by atoms with van der Waals surface area (Å²) in [6.45, 7) is -0.341. The summed E-state index contributed by atoms with van der Waals surface area (Å²) in [7, 11) is 0. The molecule has 27 heavy (non-hydrogen) atoms. The molecule has 7 nitrogen and oxygen atoms in total. The fourth-order valence-electron chi connectivity index (χ4n) is 2.06. The number of halogens is 2. The van der Waals surface area contributed by atoms with Crippen LogP contribution in [0.3, 0.4) is 0 Å². The van der Waals surface area contributed by atoms with Crippen LogP contribution in [0.1, 0.15) is 0 Å². The monoisotopic (exact) mass is 410 g/mol. The van der Waals surface area contributed by atoms with Crippen molar-refractivity contribution in [3.63, 3.8) is 0 Å². The number of carbonyl (C=O) groups is 2. The number of nitrogens with one attached hydrogen (secondary N) is 3. The van der Waals surface area contributed by atoms with E-state index in [0.29, 0.717) is 15.4 Å². The molecule has 11 heteroatoms. The number of carbonyl (C=O) groups excluding carboxylic acids is 2. The summed E-state index contributed by atoms with van der Waals surface area (Å²) in [6.07, 6.45) is 0. The molecular weight excluding hydrogens is 398 g/mol. The lowest BCUT2D eigenvalue weighted by molar-refractivity contribution is -0.122. The minimum atomic E-state index is -1.09. The zero-order valence-electron chi connectivity index (χ0n) is 13.5. The maximum absolute atomic E-state index is 13.1. The van der Waals surface area contributed by atoms with Gasteiger partial charge in [-0.15, -0.1) is 11.3 Å². The Morgan fingerprint density at radius 1 is 1.19 bits per heavy atom. The van der Waals surface area contributed by atoms with E-state index in [1.54, 1.807) is 11.4 Å². The molecule has 0 aliphatic carbocycles. The predicted octanol–water partition coefficient (Wildman–Crippen LogP) is 2.11. The second-order valence-corrected chi connectivity index (χ2v) is 7.11. The lowest BCUT2D eigenvalue weighted by Crippen LogP contribution is -2.34. The van der Waals surface area contributed by atoms with Crippen LogP contribution < -0.4 is 16.2 Å². The van der Waals surface area contributed by atoms with Gasteiger partial charge in [0.05, 0.1) is 17.7 Å².